The Labute approximate surface area is 249 Å². The summed E-state index contributed by atoms with van der Waals surface area (Å²) < 4.78 is 31.9. The zero-order chi connectivity index (χ0) is 29.1. The first-order valence-corrected chi connectivity index (χ1v) is 16.5. The van der Waals surface area contributed by atoms with Crippen molar-refractivity contribution in [1.29, 1.82) is 0 Å². The third-order valence-electron chi connectivity index (χ3n) is 8.75. The standard InChI is InChI=1S/C36H39N3O2S/c1-27(34-19-12-22-37-34)33-25-39(24-28-13-6-3-7-14-28)35-21-20-29(23-32(33)35)26-42(40,41)38(2)36(30-15-8-4-9-16-30)31-17-10-5-11-18-31/h3-11,13-18,20-21,23,25,27,34,36-37H,12,19,22,24,26H2,1-2H3. The molecular weight excluding hydrogens is 538 g/mol. The van der Waals surface area contributed by atoms with Gasteiger partial charge in [0.1, 0.15) is 0 Å². The highest BCUT2D eigenvalue weighted by atomic mass is 32.2. The first-order valence-electron chi connectivity index (χ1n) is 14.9. The smallest absolute Gasteiger partial charge is 0.218 e. The summed E-state index contributed by atoms with van der Waals surface area (Å²) >= 11 is 0. The normalized spacial score (nSPS) is 16.4. The maximum Gasteiger partial charge on any atom is 0.218 e. The second kappa shape index (κ2) is 12.3. The van der Waals surface area contributed by atoms with Crippen LogP contribution in [-0.4, -0.2) is 36.9 Å². The van der Waals surface area contributed by atoms with Gasteiger partial charge in [0.2, 0.25) is 10.0 Å². The van der Waals surface area contributed by atoms with Gasteiger partial charge in [-0.1, -0.05) is 104 Å². The summed E-state index contributed by atoms with van der Waals surface area (Å²) in [5.41, 5.74) is 6.36. The average molecular weight is 578 g/mol. The predicted octanol–water partition coefficient (Wildman–Crippen LogP) is 7.10. The second-order valence-electron chi connectivity index (χ2n) is 11.5. The maximum absolute atomic E-state index is 14.0. The number of sulfonamides is 1. The van der Waals surface area contributed by atoms with E-state index in [1.165, 1.54) is 21.9 Å². The molecule has 2 atom stereocenters. The maximum atomic E-state index is 14.0. The largest absolute Gasteiger partial charge is 0.343 e. The van der Waals surface area contributed by atoms with E-state index in [0.29, 0.717) is 12.0 Å². The Hall–Kier alpha value is -3.71. The van der Waals surface area contributed by atoms with E-state index in [9.17, 15) is 8.42 Å². The first-order chi connectivity index (χ1) is 20.4. The van der Waals surface area contributed by atoms with Crippen molar-refractivity contribution in [1.82, 2.24) is 14.2 Å². The molecule has 1 saturated heterocycles. The van der Waals surface area contributed by atoms with Crippen LogP contribution in [0.25, 0.3) is 10.9 Å². The van der Waals surface area contributed by atoms with Gasteiger partial charge in [0.15, 0.2) is 0 Å². The number of rotatable bonds is 10. The van der Waals surface area contributed by atoms with Gasteiger partial charge < -0.3 is 9.88 Å². The SMILES string of the molecule is CC(c1cn(Cc2ccccc2)c2ccc(CS(=O)(=O)N(C)C(c3ccccc3)c3ccccc3)cc12)C1CCCN1. The van der Waals surface area contributed by atoms with Crippen molar-refractivity contribution < 1.29 is 8.42 Å². The van der Waals surface area contributed by atoms with E-state index in [2.05, 4.69) is 59.4 Å². The van der Waals surface area contributed by atoms with Crippen molar-refractivity contribution in [2.24, 2.45) is 0 Å². The van der Waals surface area contributed by atoms with Crippen LogP contribution >= 0.6 is 0 Å². The van der Waals surface area contributed by atoms with Crippen LogP contribution < -0.4 is 5.32 Å². The molecule has 0 aliphatic carbocycles. The van der Waals surface area contributed by atoms with Gasteiger partial charge in [-0.3, -0.25) is 0 Å². The summed E-state index contributed by atoms with van der Waals surface area (Å²) in [6.07, 6.45) is 4.64. The Balaban J connectivity index is 1.35. The topological polar surface area (TPSA) is 54.3 Å². The van der Waals surface area contributed by atoms with Gasteiger partial charge in [-0.15, -0.1) is 0 Å². The van der Waals surface area contributed by atoms with E-state index >= 15 is 0 Å². The molecule has 1 N–H and O–H groups in total. The molecule has 0 saturated carbocycles. The number of nitrogens with one attached hydrogen (secondary N) is 1. The van der Waals surface area contributed by atoms with Crippen molar-refractivity contribution >= 4 is 20.9 Å². The highest BCUT2D eigenvalue weighted by Gasteiger charge is 2.30. The van der Waals surface area contributed by atoms with E-state index < -0.39 is 16.1 Å². The Morgan fingerprint density at radius 1 is 0.857 bits per heavy atom. The van der Waals surface area contributed by atoms with E-state index in [1.54, 1.807) is 7.05 Å². The molecule has 42 heavy (non-hydrogen) atoms. The van der Waals surface area contributed by atoms with Gasteiger partial charge in [0.25, 0.3) is 0 Å². The van der Waals surface area contributed by atoms with Crippen LogP contribution in [0.4, 0.5) is 0 Å². The summed E-state index contributed by atoms with van der Waals surface area (Å²) in [6.45, 7) is 4.13. The Morgan fingerprint density at radius 2 is 1.48 bits per heavy atom. The Morgan fingerprint density at radius 3 is 2.07 bits per heavy atom. The Kier molecular flexibility index (Phi) is 8.29. The summed E-state index contributed by atoms with van der Waals surface area (Å²) in [6, 6.07) is 36.5. The minimum Gasteiger partial charge on any atom is -0.343 e. The summed E-state index contributed by atoms with van der Waals surface area (Å²) in [7, 11) is -1.95. The van der Waals surface area contributed by atoms with Crippen LogP contribution in [0.15, 0.2) is 115 Å². The fourth-order valence-corrected chi connectivity index (χ4v) is 7.82. The van der Waals surface area contributed by atoms with Crippen LogP contribution in [0, 0.1) is 0 Å². The molecule has 0 bridgehead atoms. The van der Waals surface area contributed by atoms with Crippen molar-refractivity contribution in [3.05, 3.63) is 143 Å². The van der Waals surface area contributed by atoms with Crippen LogP contribution in [0.3, 0.4) is 0 Å². The number of aromatic nitrogens is 1. The lowest BCUT2D eigenvalue weighted by molar-refractivity contribution is 0.417. The predicted molar refractivity (Wildman–Crippen MR) is 172 cm³/mol. The lowest BCUT2D eigenvalue weighted by Crippen LogP contribution is -2.33. The molecule has 5 nitrogen and oxygen atoms in total. The van der Waals surface area contributed by atoms with Gasteiger partial charge in [0.05, 0.1) is 11.8 Å². The van der Waals surface area contributed by atoms with Gasteiger partial charge in [-0.25, -0.2) is 8.42 Å². The zero-order valence-electron chi connectivity index (χ0n) is 24.4. The average Bonchev–Trinajstić information content (AvgIpc) is 3.67. The summed E-state index contributed by atoms with van der Waals surface area (Å²) in [4.78, 5) is 0. The summed E-state index contributed by atoms with van der Waals surface area (Å²) in [5.74, 6) is 0.261. The van der Waals surface area contributed by atoms with E-state index in [0.717, 1.165) is 47.1 Å². The van der Waals surface area contributed by atoms with Crippen LogP contribution in [0.1, 0.15) is 59.5 Å². The zero-order valence-corrected chi connectivity index (χ0v) is 25.2. The minimum atomic E-state index is -3.65. The van der Waals surface area contributed by atoms with Gasteiger partial charge >= 0.3 is 0 Å². The fraction of sp³-hybridized carbons (Fsp3) is 0.278. The molecule has 6 rings (SSSR count). The highest BCUT2D eigenvalue weighted by molar-refractivity contribution is 7.88. The van der Waals surface area contributed by atoms with E-state index in [4.69, 9.17) is 0 Å². The molecular formula is C36H39N3O2S. The van der Waals surface area contributed by atoms with Crippen molar-refractivity contribution in [2.45, 2.75) is 50.1 Å². The molecule has 4 aromatic carbocycles. The van der Waals surface area contributed by atoms with Crippen molar-refractivity contribution in [2.75, 3.05) is 13.6 Å². The van der Waals surface area contributed by atoms with Crippen molar-refractivity contribution in [3.63, 3.8) is 0 Å². The number of fused-ring (bicyclic) bond motifs is 1. The molecule has 1 fully saturated rings. The molecule has 1 aliphatic heterocycles. The van der Waals surface area contributed by atoms with Gasteiger partial charge in [-0.05, 0) is 65.3 Å². The van der Waals surface area contributed by atoms with Crippen LogP contribution in [0.5, 0.6) is 0 Å². The Bertz CT molecular complexity index is 1690. The second-order valence-corrected chi connectivity index (χ2v) is 13.6. The molecule has 0 spiro atoms. The fourth-order valence-electron chi connectivity index (χ4n) is 6.45. The molecule has 5 aromatic rings. The van der Waals surface area contributed by atoms with E-state index in [-0.39, 0.29) is 5.75 Å². The lowest BCUT2D eigenvalue weighted by atomic mass is 9.92. The number of benzene rings is 4. The lowest BCUT2D eigenvalue weighted by Gasteiger charge is -2.28. The summed E-state index contributed by atoms with van der Waals surface area (Å²) in [5, 5.41) is 4.82. The number of hydrogen-bond donors (Lipinski definition) is 1. The molecule has 1 aliphatic rings. The minimum absolute atomic E-state index is 0.0605. The third-order valence-corrected chi connectivity index (χ3v) is 10.5. The van der Waals surface area contributed by atoms with Gasteiger partial charge in [0, 0.05) is 36.7 Å². The van der Waals surface area contributed by atoms with Crippen LogP contribution in [0.2, 0.25) is 0 Å². The van der Waals surface area contributed by atoms with Gasteiger partial charge in [-0.2, -0.15) is 4.31 Å². The molecule has 2 heterocycles. The molecule has 2 unspecified atom stereocenters. The van der Waals surface area contributed by atoms with Crippen LogP contribution in [-0.2, 0) is 22.3 Å². The molecule has 216 valence electrons. The number of hydrogen-bond acceptors (Lipinski definition) is 3. The molecule has 6 heteroatoms. The monoisotopic (exact) mass is 577 g/mol. The molecule has 0 radical (unpaired) electrons. The molecule has 0 amide bonds. The number of nitrogens with zero attached hydrogens (tertiary/aromatic N) is 2. The van der Waals surface area contributed by atoms with Crippen molar-refractivity contribution in [3.8, 4) is 0 Å². The van der Waals surface area contributed by atoms with E-state index in [1.807, 2.05) is 72.8 Å². The quantitative estimate of drug-likeness (QED) is 0.193. The third kappa shape index (κ3) is 5.93. The molecule has 1 aromatic heterocycles. The first kappa shape index (κ1) is 28.4. The highest BCUT2D eigenvalue weighted by Crippen LogP contribution is 2.35.